The minimum Gasteiger partial charge on any atom is -0.424 e. The zero-order chi connectivity index (χ0) is 20.4. The van der Waals surface area contributed by atoms with Crippen molar-refractivity contribution in [3.8, 4) is 0 Å². The van der Waals surface area contributed by atoms with Gasteiger partial charge in [-0.25, -0.2) is 4.98 Å². The molecule has 0 N–H and O–H groups in total. The van der Waals surface area contributed by atoms with Gasteiger partial charge in [0.05, 0.1) is 22.8 Å². The smallest absolute Gasteiger partial charge is 0.262 e. The summed E-state index contributed by atoms with van der Waals surface area (Å²) in [6, 6.07) is 5.15. The van der Waals surface area contributed by atoms with Gasteiger partial charge >= 0.3 is 0 Å². The van der Waals surface area contributed by atoms with Gasteiger partial charge in [0.25, 0.3) is 5.56 Å². The van der Waals surface area contributed by atoms with Crippen LogP contribution in [0.2, 0.25) is 5.02 Å². The first kappa shape index (κ1) is 20.4. The minimum atomic E-state index is -0.0806. The molecule has 1 saturated carbocycles. The zero-order valence-corrected chi connectivity index (χ0v) is 18.0. The summed E-state index contributed by atoms with van der Waals surface area (Å²) in [6.45, 7) is 5.10. The van der Waals surface area contributed by atoms with Crippen LogP contribution in [0, 0.1) is 0 Å². The Kier molecular flexibility index (Phi) is 6.22. The van der Waals surface area contributed by atoms with Gasteiger partial charge in [-0.05, 0) is 51.3 Å². The van der Waals surface area contributed by atoms with E-state index in [9.17, 15) is 4.79 Å². The first-order valence-electron chi connectivity index (χ1n) is 9.78. The molecule has 7 nitrogen and oxygen atoms in total. The molecule has 154 valence electrons. The Bertz CT molecular complexity index is 1060. The lowest BCUT2D eigenvalue weighted by molar-refractivity contribution is 0.0743. The van der Waals surface area contributed by atoms with Crippen LogP contribution in [0.15, 0.2) is 32.6 Å². The molecule has 1 aliphatic carbocycles. The number of fused-ring (bicyclic) bond motifs is 1. The monoisotopic (exact) mass is 434 g/mol. The number of rotatable bonds is 9. The van der Waals surface area contributed by atoms with Crippen LogP contribution in [0.1, 0.15) is 50.8 Å². The van der Waals surface area contributed by atoms with E-state index in [-0.39, 0.29) is 11.7 Å². The molecular weight excluding hydrogens is 412 g/mol. The summed E-state index contributed by atoms with van der Waals surface area (Å²) in [4.78, 5) is 17.8. The molecule has 0 radical (unpaired) electrons. The summed E-state index contributed by atoms with van der Waals surface area (Å²) >= 11 is 7.52. The molecule has 0 aliphatic heterocycles. The number of halogens is 1. The third-order valence-corrected chi connectivity index (χ3v) is 5.79. The lowest BCUT2D eigenvalue weighted by Crippen LogP contribution is -2.24. The fraction of sp³-hybridized carbons (Fsp3) is 0.500. The predicted octanol–water partition coefficient (Wildman–Crippen LogP) is 4.42. The van der Waals surface area contributed by atoms with E-state index < -0.39 is 0 Å². The van der Waals surface area contributed by atoms with Crippen LogP contribution in [0.25, 0.3) is 10.9 Å². The predicted molar refractivity (Wildman–Crippen MR) is 113 cm³/mol. The number of hydrogen-bond donors (Lipinski definition) is 0. The third kappa shape index (κ3) is 4.99. The average molecular weight is 435 g/mol. The van der Waals surface area contributed by atoms with Gasteiger partial charge in [0, 0.05) is 24.1 Å². The normalized spacial score (nSPS) is 14.2. The van der Waals surface area contributed by atoms with Gasteiger partial charge in [-0.1, -0.05) is 23.4 Å². The SMILES string of the molecule is CC(C)OCCCn1c(SCc2nnc(C3CC3)o2)nc2cc(Cl)ccc2c1=O. The summed E-state index contributed by atoms with van der Waals surface area (Å²) in [5.41, 5.74) is 0.506. The van der Waals surface area contributed by atoms with Gasteiger partial charge in [-0.15, -0.1) is 10.2 Å². The Morgan fingerprint density at radius 2 is 2.17 bits per heavy atom. The molecule has 0 bridgehead atoms. The van der Waals surface area contributed by atoms with Gasteiger partial charge in [-0.2, -0.15) is 0 Å². The second-order valence-electron chi connectivity index (χ2n) is 7.38. The maximum absolute atomic E-state index is 13.1. The van der Waals surface area contributed by atoms with Gasteiger partial charge < -0.3 is 9.15 Å². The first-order valence-corrected chi connectivity index (χ1v) is 11.1. The van der Waals surface area contributed by atoms with Gasteiger partial charge in [0.1, 0.15) is 0 Å². The van der Waals surface area contributed by atoms with Crippen molar-refractivity contribution in [1.82, 2.24) is 19.7 Å². The number of aromatic nitrogens is 4. The van der Waals surface area contributed by atoms with Crippen LogP contribution < -0.4 is 5.56 Å². The highest BCUT2D eigenvalue weighted by molar-refractivity contribution is 7.98. The molecule has 4 rings (SSSR count). The molecular formula is C20H23ClN4O3S. The maximum Gasteiger partial charge on any atom is 0.262 e. The second-order valence-corrected chi connectivity index (χ2v) is 8.76. The molecule has 2 aromatic heterocycles. The van der Waals surface area contributed by atoms with Crippen molar-refractivity contribution in [3.05, 3.63) is 45.4 Å². The zero-order valence-electron chi connectivity index (χ0n) is 16.4. The number of ether oxygens (including phenoxy) is 1. The lowest BCUT2D eigenvalue weighted by atomic mass is 10.2. The topological polar surface area (TPSA) is 83.0 Å². The quantitative estimate of drug-likeness (QED) is 0.280. The Balaban J connectivity index is 1.57. The lowest BCUT2D eigenvalue weighted by Gasteiger charge is -2.13. The van der Waals surface area contributed by atoms with E-state index in [0.717, 1.165) is 19.3 Å². The van der Waals surface area contributed by atoms with Crippen molar-refractivity contribution in [3.63, 3.8) is 0 Å². The Morgan fingerprint density at radius 3 is 2.93 bits per heavy atom. The Morgan fingerprint density at radius 1 is 1.34 bits per heavy atom. The van der Waals surface area contributed by atoms with E-state index >= 15 is 0 Å². The largest absolute Gasteiger partial charge is 0.424 e. The van der Waals surface area contributed by atoms with Crippen LogP contribution in [-0.4, -0.2) is 32.5 Å². The standard InChI is InChI=1S/C20H23ClN4O3S/c1-12(2)27-9-3-8-25-19(26)15-7-6-14(21)10-16(15)22-20(25)29-11-17-23-24-18(28-17)13-4-5-13/h6-7,10,12-13H,3-5,8-9,11H2,1-2H3. The molecule has 2 heterocycles. The highest BCUT2D eigenvalue weighted by Gasteiger charge is 2.29. The van der Waals surface area contributed by atoms with Crippen molar-refractivity contribution < 1.29 is 9.15 Å². The molecule has 29 heavy (non-hydrogen) atoms. The number of thioether (sulfide) groups is 1. The van der Waals surface area contributed by atoms with Crippen LogP contribution >= 0.6 is 23.4 Å². The van der Waals surface area contributed by atoms with Crippen molar-refractivity contribution in [2.45, 2.75) is 62.6 Å². The minimum absolute atomic E-state index is 0.0806. The van der Waals surface area contributed by atoms with Gasteiger partial charge in [-0.3, -0.25) is 9.36 Å². The Hall–Kier alpha value is -1.90. The summed E-state index contributed by atoms with van der Waals surface area (Å²) in [5.74, 6) is 2.14. The molecule has 0 unspecified atom stereocenters. The first-order chi connectivity index (χ1) is 14.0. The molecule has 0 amide bonds. The van der Waals surface area contributed by atoms with Gasteiger partial charge in [0.2, 0.25) is 11.8 Å². The van der Waals surface area contributed by atoms with E-state index in [1.165, 1.54) is 11.8 Å². The molecule has 0 saturated heterocycles. The highest BCUT2D eigenvalue weighted by atomic mass is 35.5. The molecule has 3 aromatic rings. The fourth-order valence-electron chi connectivity index (χ4n) is 2.97. The number of nitrogens with zero attached hydrogens (tertiary/aromatic N) is 4. The van der Waals surface area contributed by atoms with Gasteiger partial charge in [0.15, 0.2) is 5.16 Å². The van der Waals surface area contributed by atoms with Crippen LogP contribution in [0.4, 0.5) is 0 Å². The molecule has 1 aliphatic rings. The second kappa shape index (κ2) is 8.85. The van der Waals surface area contributed by atoms with Crippen LogP contribution in [-0.2, 0) is 17.0 Å². The molecule has 1 aromatic carbocycles. The molecule has 9 heteroatoms. The summed E-state index contributed by atoms with van der Waals surface area (Å²) in [7, 11) is 0. The molecule has 0 atom stereocenters. The van der Waals surface area contributed by atoms with Crippen molar-refractivity contribution in [2.24, 2.45) is 0 Å². The van der Waals surface area contributed by atoms with E-state index in [1.54, 1.807) is 22.8 Å². The maximum atomic E-state index is 13.1. The number of hydrogen-bond acceptors (Lipinski definition) is 7. The summed E-state index contributed by atoms with van der Waals surface area (Å²) < 4.78 is 13.0. The van der Waals surface area contributed by atoms with E-state index in [0.29, 0.717) is 57.7 Å². The average Bonchev–Trinajstić information content (AvgIpc) is 3.43. The third-order valence-electron chi connectivity index (χ3n) is 4.59. The number of benzene rings is 1. The van der Waals surface area contributed by atoms with Crippen LogP contribution in [0.5, 0.6) is 0 Å². The van der Waals surface area contributed by atoms with Crippen molar-refractivity contribution in [2.75, 3.05) is 6.61 Å². The summed E-state index contributed by atoms with van der Waals surface area (Å²) in [5, 5.41) is 9.95. The van der Waals surface area contributed by atoms with E-state index in [2.05, 4.69) is 10.2 Å². The summed E-state index contributed by atoms with van der Waals surface area (Å²) in [6.07, 6.45) is 3.11. The van der Waals surface area contributed by atoms with Crippen LogP contribution in [0.3, 0.4) is 0 Å². The van der Waals surface area contributed by atoms with Crippen molar-refractivity contribution in [1.29, 1.82) is 0 Å². The van der Waals surface area contributed by atoms with Crippen molar-refractivity contribution >= 4 is 34.3 Å². The Labute approximate surface area is 177 Å². The van der Waals surface area contributed by atoms with E-state index in [1.807, 2.05) is 13.8 Å². The highest BCUT2D eigenvalue weighted by Crippen LogP contribution is 2.39. The molecule has 0 spiro atoms. The van der Waals surface area contributed by atoms with E-state index in [4.69, 9.17) is 25.7 Å². The fourth-order valence-corrected chi connectivity index (χ4v) is 4.00. The molecule has 1 fully saturated rings.